The van der Waals surface area contributed by atoms with Gasteiger partial charge in [0.25, 0.3) is 0 Å². The highest BCUT2D eigenvalue weighted by Crippen LogP contribution is 2.16. The minimum absolute atomic E-state index is 0.0131. The third-order valence-corrected chi connectivity index (χ3v) is 3.65. The quantitative estimate of drug-likeness (QED) is 0.582. The number of nitrogens with one attached hydrogen (secondary N) is 1. The summed E-state index contributed by atoms with van der Waals surface area (Å²) in [6.45, 7) is 1.77. The van der Waals surface area contributed by atoms with Crippen molar-refractivity contribution in [2.75, 3.05) is 11.9 Å². The Morgan fingerprint density at radius 1 is 1.14 bits per heavy atom. The molecule has 0 unspecified atom stereocenters. The second-order valence-corrected chi connectivity index (χ2v) is 5.89. The standard InChI is InChI=1S/C17H16INO3/c1-2-17(21)19-14-8-6-12(7-9-14)16(20)11-22-15-5-3-4-13(18)10-15/h3-10H,2,11H2,1H3,(H,19,21). The molecular formula is C17H16INO3. The summed E-state index contributed by atoms with van der Waals surface area (Å²) in [6, 6.07) is 14.3. The summed E-state index contributed by atoms with van der Waals surface area (Å²) in [4.78, 5) is 23.4. The normalized spacial score (nSPS) is 10.1. The molecule has 1 amide bonds. The van der Waals surface area contributed by atoms with E-state index in [2.05, 4.69) is 27.9 Å². The van der Waals surface area contributed by atoms with E-state index in [0.29, 0.717) is 23.4 Å². The van der Waals surface area contributed by atoms with Gasteiger partial charge in [0.15, 0.2) is 12.4 Å². The average Bonchev–Trinajstić information content (AvgIpc) is 2.53. The van der Waals surface area contributed by atoms with Gasteiger partial charge in [-0.05, 0) is 65.1 Å². The topological polar surface area (TPSA) is 55.4 Å². The molecule has 0 bridgehead atoms. The molecule has 0 aliphatic heterocycles. The molecule has 0 fully saturated rings. The molecule has 0 saturated carbocycles. The van der Waals surface area contributed by atoms with Gasteiger partial charge in [0.2, 0.25) is 5.91 Å². The lowest BCUT2D eigenvalue weighted by Gasteiger charge is -2.07. The van der Waals surface area contributed by atoms with Crippen LogP contribution in [0.1, 0.15) is 23.7 Å². The molecule has 0 saturated heterocycles. The van der Waals surface area contributed by atoms with Gasteiger partial charge >= 0.3 is 0 Å². The predicted molar refractivity (Wildman–Crippen MR) is 94.3 cm³/mol. The molecule has 22 heavy (non-hydrogen) atoms. The van der Waals surface area contributed by atoms with E-state index in [1.54, 1.807) is 31.2 Å². The van der Waals surface area contributed by atoms with E-state index >= 15 is 0 Å². The fourth-order valence-corrected chi connectivity index (χ4v) is 2.29. The number of hydrogen-bond donors (Lipinski definition) is 1. The molecule has 0 radical (unpaired) electrons. The fourth-order valence-electron chi connectivity index (χ4n) is 1.78. The molecular weight excluding hydrogens is 393 g/mol. The van der Waals surface area contributed by atoms with Crippen LogP contribution in [-0.4, -0.2) is 18.3 Å². The van der Waals surface area contributed by atoms with Crippen LogP contribution in [-0.2, 0) is 4.79 Å². The van der Waals surface area contributed by atoms with Crippen LogP contribution >= 0.6 is 22.6 Å². The van der Waals surface area contributed by atoms with Crippen LogP contribution in [0.25, 0.3) is 0 Å². The summed E-state index contributed by atoms with van der Waals surface area (Å²) in [6.07, 6.45) is 0.421. The molecule has 0 atom stereocenters. The Kier molecular flexibility index (Phi) is 5.94. The van der Waals surface area contributed by atoms with E-state index in [1.165, 1.54) is 0 Å². The summed E-state index contributed by atoms with van der Waals surface area (Å²) in [7, 11) is 0. The third kappa shape index (κ3) is 4.84. The lowest BCUT2D eigenvalue weighted by Crippen LogP contribution is -2.12. The number of Topliss-reactive ketones (excluding diaryl/α,β-unsaturated/α-hetero) is 1. The first-order chi connectivity index (χ1) is 10.6. The zero-order valence-electron chi connectivity index (χ0n) is 12.1. The number of benzene rings is 2. The van der Waals surface area contributed by atoms with E-state index < -0.39 is 0 Å². The second kappa shape index (κ2) is 7.93. The number of anilines is 1. The fraction of sp³-hybridized carbons (Fsp3) is 0.176. The van der Waals surface area contributed by atoms with Crippen molar-refractivity contribution < 1.29 is 14.3 Å². The molecule has 114 valence electrons. The number of amides is 1. The minimum atomic E-state index is -0.104. The minimum Gasteiger partial charge on any atom is -0.485 e. The smallest absolute Gasteiger partial charge is 0.224 e. The molecule has 2 aromatic rings. The highest BCUT2D eigenvalue weighted by molar-refractivity contribution is 14.1. The Morgan fingerprint density at radius 3 is 2.50 bits per heavy atom. The van der Waals surface area contributed by atoms with E-state index in [1.807, 2.05) is 24.3 Å². The Bertz CT molecular complexity index is 668. The van der Waals surface area contributed by atoms with Crippen molar-refractivity contribution in [2.45, 2.75) is 13.3 Å². The number of carbonyl (C=O) groups excluding carboxylic acids is 2. The summed E-state index contributed by atoms with van der Waals surface area (Å²) in [5, 5.41) is 2.74. The zero-order chi connectivity index (χ0) is 15.9. The van der Waals surface area contributed by atoms with Crippen molar-refractivity contribution in [3.8, 4) is 5.75 Å². The highest BCUT2D eigenvalue weighted by Gasteiger charge is 2.08. The van der Waals surface area contributed by atoms with Gasteiger partial charge in [0, 0.05) is 21.2 Å². The maximum Gasteiger partial charge on any atom is 0.224 e. The first-order valence-electron chi connectivity index (χ1n) is 6.90. The largest absolute Gasteiger partial charge is 0.485 e. The average molecular weight is 409 g/mol. The van der Waals surface area contributed by atoms with Gasteiger partial charge in [-0.2, -0.15) is 0 Å². The van der Waals surface area contributed by atoms with Crippen molar-refractivity contribution in [1.29, 1.82) is 0 Å². The molecule has 0 aromatic heterocycles. The summed E-state index contributed by atoms with van der Waals surface area (Å²) >= 11 is 2.19. The number of halogens is 1. The zero-order valence-corrected chi connectivity index (χ0v) is 14.3. The van der Waals surface area contributed by atoms with E-state index in [9.17, 15) is 9.59 Å². The molecule has 2 rings (SSSR count). The molecule has 0 spiro atoms. The van der Waals surface area contributed by atoms with Gasteiger partial charge in [0.05, 0.1) is 0 Å². The van der Waals surface area contributed by atoms with Gasteiger partial charge in [-0.1, -0.05) is 13.0 Å². The van der Waals surface area contributed by atoms with Gasteiger partial charge in [0.1, 0.15) is 5.75 Å². The van der Waals surface area contributed by atoms with Crippen molar-refractivity contribution in [3.05, 3.63) is 57.7 Å². The number of rotatable bonds is 6. The molecule has 0 aliphatic rings. The Hall–Kier alpha value is -1.89. The summed E-state index contributed by atoms with van der Waals surface area (Å²) in [5.41, 5.74) is 1.24. The van der Waals surface area contributed by atoms with Crippen LogP contribution in [0, 0.1) is 3.57 Å². The van der Waals surface area contributed by atoms with E-state index in [4.69, 9.17) is 4.74 Å². The van der Waals surface area contributed by atoms with Crippen LogP contribution < -0.4 is 10.1 Å². The van der Waals surface area contributed by atoms with Crippen LogP contribution in [0.15, 0.2) is 48.5 Å². The predicted octanol–water partition coefficient (Wildman–Crippen LogP) is 3.90. The lowest BCUT2D eigenvalue weighted by molar-refractivity contribution is -0.115. The van der Waals surface area contributed by atoms with Crippen LogP contribution in [0.2, 0.25) is 0 Å². The molecule has 5 heteroatoms. The number of ether oxygens (including phenoxy) is 1. The summed E-state index contributed by atoms with van der Waals surface area (Å²) < 4.78 is 6.55. The molecule has 2 aromatic carbocycles. The van der Waals surface area contributed by atoms with Crippen LogP contribution in [0.3, 0.4) is 0 Å². The Labute approximate surface area is 143 Å². The number of hydrogen-bond acceptors (Lipinski definition) is 3. The maximum atomic E-state index is 12.1. The highest BCUT2D eigenvalue weighted by atomic mass is 127. The maximum absolute atomic E-state index is 12.1. The number of ketones is 1. The monoisotopic (exact) mass is 409 g/mol. The Balaban J connectivity index is 1.93. The first kappa shape index (κ1) is 16.5. The van der Waals surface area contributed by atoms with Crippen molar-refractivity contribution in [3.63, 3.8) is 0 Å². The number of carbonyl (C=O) groups is 2. The SMILES string of the molecule is CCC(=O)Nc1ccc(C(=O)COc2cccc(I)c2)cc1. The van der Waals surface area contributed by atoms with Gasteiger partial charge in [-0.15, -0.1) is 0 Å². The Morgan fingerprint density at radius 2 is 1.86 bits per heavy atom. The lowest BCUT2D eigenvalue weighted by atomic mass is 10.1. The van der Waals surface area contributed by atoms with Crippen LogP contribution in [0.4, 0.5) is 5.69 Å². The third-order valence-electron chi connectivity index (χ3n) is 2.98. The molecule has 1 N–H and O–H groups in total. The molecule has 4 nitrogen and oxygen atoms in total. The summed E-state index contributed by atoms with van der Waals surface area (Å²) in [5.74, 6) is 0.514. The van der Waals surface area contributed by atoms with Crippen molar-refractivity contribution in [1.82, 2.24) is 0 Å². The van der Waals surface area contributed by atoms with Crippen molar-refractivity contribution in [2.24, 2.45) is 0 Å². The van der Waals surface area contributed by atoms with Gasteiger partial charge in [-0.25, -0.2) is 0 Å². The van der Waals surface area contributed by atoms with E-state index in [-0.39, 0.29) is 18.3 Å². The van der Waals surface area contributed by atoms with Gasteiger partial charge in [-0.3, -0.25) is 9.59 Å². The molecule has 0 heterocycles. The van der Waals surface area contributed by atoms with Crippen molar-refractivity contribution >= 4 is 40.0 Å². The second-order valence-electron chi connectivity index (χ2n) is 4.65. The molecule has 0 aliphatic carbocycles. The first-order valence-corrected chi connectivity index (χ1v) is 7.98. The van der Waals surface area contributed by atoms with Gasteiger partial charge < -0.3 is 10.1 Å². The van der Waals surface area contributed by atoms with Crippen LogP contribution in [0.5, 0.6) is 5.75 Å². The van der Waals surface area contributed by atoms with E-state index in [0.717, 1.165) is 3.57 Å².